The molecule has 1 aromatic rings. The van der Waals surface area contributed by atoms with Gasteiger partial charge in [0.15, 0.2) is 9.84 Å². The molecule has 0 aliphatic heterocycles. The van der Waals surface area contributed by atoms with Gasteiger partial charge in [-0.3, -0.25) is 0 Å². The quantitative estimate of drug-likeness (QED) is 0.807. The second-order valence-electron chi connectivity index (χ2n) is 4.70. The summed E-state index contributed by atoms with van der Waals surface area (Å²) in [6.45, 7) is 5.71. The average molecular weight is 285 g/mol. The van der Waals surface area contributed by atoms with Crippen molar-refractivity contribution in [2.75, 3.05) is 17.7 Å². The van der Waals surface area contributed by atoms with Gasteiger partial charge in [0.1, 0.15) is 0 Å². The first-order chi connectivity index (χ1) is 8.93. The Morgan fingerprint density at radius 2 is 1.63 bits per heavy atom. The summed E-state index contributed by atoms with van der Waals surface area (Å²) < 4.78 is 23.4. The molecule has 108 valence electrons. The van der Waals surface area contributed by atoms with Crippen LogP contribution in [0.4, 0.5) is 5.69 Å². The molecule has 1 rings (SSSR count). The van der Waals surface area contributed by atoms with Gasteiger partial charge < -0.3 is 10.4 Å². The third-order valence-corrected chi connectivity index (χ3v) is 5.41. The van der Waals surface area contributed by atoms with Crippen molar-refractivity contribution >= 4 is 15.5 Å². The van der Waals surface area contributed by atoms with Crippen LogP contribution in [0.25, 0.3) is 0 Å². The fourth-order valence-corrected chi connectivity index (χ4v) is 2.79. The Labute approximate surface area is 115 Å². The molecule has 0 bridgehead atoms. The Morgan fingerprint density at radius 1 is 1.11 bits per heavy atom. The minimum Gasteiger partial charge on any atom is -0.394 e. The summed E-state index contributed by atoms with van der Waals surface area (Å²) in [5, 5.41) is 12.8. The molecular weight excluding hydrogens is 262 g/mol. The lowest BCUT2D eigenvalue weighted by Gasteiger charge is -2.32. The first kappa shape index (κ1) is 16.0. The minimum absolute atomic E-state index is 0.0506. The van der Waals surface area contributed by atoms with Crippen LogP contribution in [-0.4, -0.2) is 31.4 Å². The van der Waals surface area contributed by atoms with Crippen molar-refractivity contribution in [2.24, 2.45) is 0 Å². The second-order valence-corrected chi connectivity index (χ2v) is 6.98. The van der Waals surface area contributed by atoms with Crippen molar-refractivity contribution in [3.8, 4) is 0 Å². The molecule has 0 aliphatic carbocycles. The van der Waals surface area contributed by atoms with Crippen molar-refractivity contribution in [2.45, 2.75) is 44.0 Å². The van der Waals surface area contributed by atoms with E-state index in [2.05, 4.69) is 5.32 Å². The summed E-state index contributed by atoms with van der Waals surface area (Å²) in [4.78, 5) is 0.336. The maximum atomic E-state index is 11.7. The molecule has 0 fully saturated rings. The molecule has 0 aromatic heterocycles. The van der Waals surface area contributed by atoms with Gasteiger partial charge >= 0.3 is 0 Å². The Bertz CT molecular complexity index is 482. The highest BCUT2D eigenvalue weighted by Gasteiger charge is 2.24. The van der Waals surface area contributed by atoms with Gasteiger partial charge in [-0.1, -0.05) is 20.8 Å². The van der Waals surface area contributed by atoms with Crippen LogP contribution in [0.2, 0.25) is 0 Å². The first-order valence-corrected chi connectivity index (χ1v) is 8.30. The Hall–Kier alpha value is -1.07. The van der Waals surface area contributed by atoms with E-state index in [4.69, 9.17) is 0 Å². The molecule has 1 aromatic carbocycles. The van der Waals surface area contributed by atoms with E-state index in [1.807, 2.05) is 13.8 Å². The molecule has 5 heteroatoms. The van der Waals surface area contributed by atoms with Crippen LogP contribution in [0.5, 0.6) is 0 Å². The Kier molecular flexibility index (Phi) is 5.38. The number of hydrogen-bond donors (Lipinski definition) is 2. The summed E-state index contributed by atoms with van der Waals surface area (Å²) in [7, 11) is -3.15. The number of anilines is 1. The van der Waals surface area contributed by atoms with E-state index in [0.29, 0.717) is 4.90 Å². The molecule has 19 heavy (non-hydrogen) atoms. The Balaban J connectivity index is 2.94. The van der Waals surface area contributed by atoms with Crippen molar-refractivity contribution in [3.05, 3.63) is 24.3 Å². The van der Waals surface area contributed by atoms with E-state index in [0.717, 1.165) is 18.5 Å². The molecule has 0 saturated heterocycles. The third-order valence-electron chi connectivity index (χ3n) is 3.66. The number of sulfone groups is 1. The zero-order valence-corrected chi connectivity index (χ0v) is 12.6. The van der Waals surface area contributed by atoms with E-state index in [9.17, 15) is 13.5 Å². The molecule has 0 unspecified atom stereocenters. The van der Waals surface area contributed by atoms with Gasteiger partial charge in [-0.25, -0.2) is 8.42 Å². The Morgan fingerprint density at radius 3 is 2.00 bits per heavy atom. The van der Waals surface area contributed by atoms with Crippen molar-refractivity contribution in [3.63, 3.8) is 0 Å². The van der Waals surface area contributed by atoms with Crippen LogP contribution in [0.15, 0.2) is 29.2 Å². The van der Waals surface area contributed by atoms with Crippen LogP contribution in [0.3, 0.4) is 0 Å². The van der Waals surface area contributed by atoms with Crippen LogP contribution in [0, 0.1) is 0 Å². The molecule has 4 nitrogen and oxygen atoms in total. The van der Waals surface area contributed by atoms with Gasteiger partial charge in [0.2, 0.25) is 0 Å². The fourth-order valence-electron chi connectivity index (χ4n) is 1.91. The van der Waals surface area contributed by atoms with Crippen LogP contribution < -0.4 is 5.32 Å². The van der Waals surface area contributed by atoms with Crippen LogP contribution in [0.1, 0.15) is 33.6 Å². The van der Waals surface area contributed by atoms with Crippen LogP contribution in [-0.2, 0) is 9.84 Å². The highest BCUT2D eigenvalue weighted by atomic mass is 32.2. The second kappa shape index (κ2) is 6.39. The standard InChI is InChI=1S/C14H23NO3S/c1-4-14(5-2,11-16)15-12-7-9-13(10-8-12)19(17,18)6-3/h7-10,15-16H,4-6,11H2,1-3H3. The van der Waals surface area contributed by atoms with E-state index < -0.39 is 9.84 Å². The van der Waals surface area contributed by atoms with E-state index in [1.54, 1.807) is 31.2 Å². The summed E-state index contributed by atoms with van der Waals surface area (Å²) in [5.41, 5.74) is 0.485. The molecular formula is C14H23NO3S. The molecule has 0 radical (unpaired) electrons. The van der Waals surface area contributed by atoms with Gasteiger partial charge in [-0.05, 0) is 37.1 Å². The number of rotatable bonds is 7. The normalized spacial score (nSPS) is 12.4. The SMILES string of the molecule is CCC(CC)(CO)Nc1ccc(S(=O)(=O)CC)cc1. The fraction of sp³-hybridized carbons (Fsp3) is 0.571. The summed E-state index contributed by atoms with van der Waals surface area (Å²) >= 11 is 0. The predicted octanol–water partition coefficient (Wildman–Crippen LogP) is 2.44. The average Bonchev–Trinajstić information content (AvgIpc) is 2.45. The highest BCUT2D eigenvalue weighted by molar-refractivity contribution is 7.91. The molecule has 2 N–H and O–H groups in total. The monoisotopic (exact) mass is 285 g/mol. The lowest BCUT2D eigenvalue weighted by molar-refractivity contribution is 0.202. The summed E-state index contributed by atoms with van der Waals surface area (Å²) in [6.07, 6.45) is 1.60. The number of aliphatic hydroxyl groups excluding tert-OH is 1. The number of aliphatic hydroxyl groups is 1. The third kappa shape index (κ3) is 3.70. The van der Waals surface area contributed by atoms with E-state index in [-0.39, 0.29) is 17.9 Å². The molecule has 0 amide bonds. The largest absolute Gasteiger partial charge is 0.394 e. The van der Waals surface area contributed by atoms with Crippen molar-refractivity contribution < 1.29 is 13.5 Å². The summed E-state index contributed by atoms with van der Waals surface area (Å²) in [6, 6.07) is 6.71. The van der Waals surface area contributed by atoms with Gasteiger partial charge in [0, 0.05) is 5.69 Å². The number of hydrogen-bond acceptors (Lipinski definition) is 4. The zero-order chi connectivity index (χ0) is 14.5. The predicted molar refractivity (Wildman–Crippen MR) is 78.2 cm³/mol. The molecule has 0 aliphatic rings. The van der Waals surface area contributed by atoms with Gasteiger partial charge in [0.05, 0.1) is 22.8 Å². The first-order valence-electron chi connectivity index (χ1n) is 6.65. The van der Waals surface area contributed by atoms with E-state index >= 15 is 0 Å². The highest BCUT2D eigenvalue weighted by Crippen LogP contribution is 2.23. The lowest BCUT2D eigenvalue weighted by Crippen LogP contribution is -2.40. The van der Waals surface area contributed by atoms with Crippen molar-refractivity contribution in [1.29, 1.82) is 0 Å². The topological polar surface area (TPSA) is 66.4 Å². The minimum atomic E-state index is -3.15. The lowest BCUT2D eigenvalue weighted by atomic mass is 9.93. The molecule has 0 heterocycles. The molecule has 0 saturated carbocycles. The van der Waals surface area contributed by atoms with Crippen LogP contribution >= 0.6 is 0 Å². The maximum absolute atomic E-state index is 11.7. The van der Waals surface area contributed by atoms with Gasteiger partial charge in [0.25, 0.3) is 0 Å². The molecule has 0 spiro atoms. The summed E-state index contributed by atoms with van der Waals surface area (Å²) in [5.74, 6) is 0.101. The van der Waals surface area contributed by atoms with Crippen molar-refractivity contribution in [1.82, 2.24) is 0 Å². The zero-order valence-electron chi connectivity index (χ0n) is 11.8. The smallest absolute Gasteiger partial charge is 0.178 e. The van der Waals surface area contributed by atoms with Gasteiger partial charge in [-0.15, -0.1) is 0 Å². The maximum Gasteiger partial charge on any atom is 0.178 e. The number of benzene rings is 1. The van der Waals surface area contributed by atoms with E-state index in [1.165, 1.54) is 0 Å². The number of nitrogens with one attached hydrogen (secondary N) is 1. The molecule has 0 atom stereocenters. The van der Waals surface area contributed by atoms with Gasteiger partial charge in [-0.2, -0.15) is 0 Å².